The van der Waals surface area contributed by atoms with Gasteiger partial charge in [-0.3, -0.25) is 4.79 Å². The van der Waals surface area contributed by atoms with E-state index in [4.69, 9.17) is 4.52 Å². The van der Waals surface area contributed by atoms with Crippen LogP contribution in [0.3, 0.4) is 0 Å². The van der Waals surface area contributed by atoms with Gasteiger partial charge in [0.25, 0.3) is 0 Å². The molecular formula is C14H22N4O2S. The first-order chi connectivity index (χ1) is 10.2. The third-order valence-corrected chi connectivity index (χ3v) is 5.35. The van der Waals surface area contributed by atoms with Crippen molar-refractivity contribution in [2.24, 2.45) is 0 Å². The normalized spacial score (nSPS) is 24.9. The minimum atomic E-state index is -0.420. The highest BCUT2D eigenvalue weighted by atomic mass is 32.2. The molecule has 2 fully saturated rings. The highest BCUT2D eigenvalue weighted by molar-refractivity contribution is 7.99. The predicted molar refractivity (Wildman–Crippen MR) is 81.1 cm³/mol. The second-order valence-corrected chi connectivity index (χ2v) is 7.05. The Morgan fingerprint density at radius 3 is 2.95 bits per heavy atom. The first-order valence-electron chi connectivity index (χ1n) is 7.61. The van der Waals surface area contributed by atoms with E-state index < -0.39 is 5.54 Å². The Hall–Kier alpha value is -1.08. The van der Waals surface area contributed by atoms with Gasteiger partial charge in [0, 0.05) is 37.4 Å². The molecule has 3 rings (SSSR count). The Balaban J connectivity index is 1.66. The molecule has 2 N–H and O–H groups in total. The highest BCUT2D eigenvalue weighted by Crippen LogP contribution is 2.37. The number of carbonyl (C=O) groups excluding carboxylic acids is 1. The third kappa shape index (κ3) is 3.40. The summed E-state index contributed by atoms with van der Waals surface area (Å²) in [6, 6.07) is 0.272. The van der Waals surface area contributed by atoms with E-state index in [9.17, 15) is 4.79 Å². The molecule has 0 spiro atoms. The van der Waals surface area contributed by atoms with Gasteiger partial charge < -0.3 is 15.2 Å². The molecule has 21 heavy (non-hydrogen) atoms. The lowest BCUT2D eigenvalue weighted by Crippen LogP contribution is -2.48. The minimum Gasteiger partial charge on any atom is -0.343 e. The first-order valence-corrected chi connectivity index (χ1v) is 8.76. The molecule has 1 unspecified atom stereocenters. The molecular weight excluding hydrogens is 288 g/mol. The maximum Gasteiger partial charge on any atom is 0.223 e. The summed E-state index contributed by atoms with van der Waals surface area (Å²) in [5.74, 6) is 3.40. The van der Waals surface area contributed by atoms with Crippen molar-refractivity contribution in [2.45, 2.75) is 50.6 Å². The zero-order valence-electron chi connectivity index (χ0n) is 12.4. The largest absolute Gasteiger partial charge is 0.343 e. The number of carbonyl (C=O) groups is 1. The Bertz CT molecular complexity index is 493. The second-order valence-electron chi connectivity index (χ2n) is 5.90. The van der Waals surface area contributed by atoms with E-state index in [-0.39, 0.29) is 11.9 Å². The van der Waals surface area contributed by atoms with Crippen LogP contribution in [0.2, 0.25) is 0 Å². The van der Waals surface area contributed by atoms with Crippen LogP contribution in [0.15, 0.2) is 4.52 Å². The van der Waals surface area contributed by atoms with E-state index >= 15 is 0 Å². The van der Waals surface area contributed by atoms with Crippen LogP contribution in [0.1, 0.15) is 43.8 Å². The number of aryl methyl sites for hydroxylation is 1. The van der Waals surface area contributed by atoms with Gasteiger partial charge >= 0.3 is 0 Å². The van der Waals surface area contributed by atoms with Gasteiger partial charge in [-0.2, -0.15) is 16.7 Å². The fourth-order valence-electron chi connectivity index (χ4n) is 3.17. The lowest BCUT2D eigenvalue weighted by atomic mass is 9.96. The van der Waals surface area contributed by atoms with Crippen LogP contribution in [-0.2, 0) is 10.3 Å². The van der Waals surface area contributed by atoms with Crippen molar-refractivity contribution in [1.82, 2.24) is 20.8 Å². The van der Waals surface area contributed by atoms with Crippen LogP contribution in [-0.4, -0.2) is 40.1 Å². The zero-order valence-corrected chi connectivity index (χ0v) is 13.2. The summed E-state index contributed by atoms with van der Waals surface area (Å²) in [5.41, 5.74) is -0.420. The Labute approximate surface area is 128 Å². The lowest BCUT2D eigenvalue weighted by molar-refractivity contribution is -0.123. The molecule has 1 aromatic heterocycles. The van der Waals surface area contributed by atoms with E-state index in [0.29, 0.717) is 18.1 Å². The van der Waals surface area contributed by atoms with Gasteiger partial charge in [0.05, 0.1) is 0 Å². The van der Waals surface area contributed by atoms with Gasteiger partial charge in [-0.1, -0.05) is 18.0 Å². The summed E-state index contributed by atoms with van der Waals surface area (Å²) in [7, 11) is 0. The topological polar surface area (TPSA) is 80.0 Å². The quantitative estimate of drug-likeness (QED) is 0.874. The molecule has 1 aliphatic carbocycles. The van der Waals surface area contributed by atoms with E-state index in [1.54, 1.807) is 6.92 Å². The molecule has 7 heteroatoms. The molecule has 2 aliphatic rings. The zero-order chi connectivity index (χ0) is 14.7. The van der Waals surface area contributed by atoms with Gasteiger partial charge in [0.2, 0.25) is 11.8 Å². The molecule has 1 atom stereocenters. The summed E-state index contributed by atoms with van der Waals surface area (Å²) >= 11 is 1.90. The molecule has 1 amide bonds. The smallest absolute Gasteiger partial charge is 0.223 e. The Morgan fingerprint density at radius 2 is 2.33 bits per heavy atom. The fraction of sp³-hybridized carbons (Fsp3) is 0.786. The van der Waals surface area contributed by atoms with Crippen molar-refractivity contribution in [3.63, 3.8) is 0 Å². The number of rotatable bonds is 4. The standard InChI is InChI=1S/C14H22N4O2S/c1-10-16-13(18-20-10)14(4-2-3-5-14)17-12(19)8-11-9-21-7-6-15-11/h11,15H,2-9H2,1H3,(H,17,19). The fourth-order valence-corrected chi connectivity index (χ4v) is 4.12. The number of thioether (sulfide) groups is 1. The third-order valence-electron chi connectivity index (χ3n) is 4.22. The highest BCUT2D eigenvalue weighted by Gasteiger charge is 2.41. The second kappa shape index (κ2) is 6.36. The molecule has 1 aliphatic heterocycles. The molecule has 0 radical (unpaired) electrons. The van der Waals surface area contributed by atoms with Crippen molar-refractivity contribution in [1.29, 1.82) is 0 Å². The molecule has 116 valence electrons. The number of hydrogen-bond donors (Lipinski definition) is 2. The number of nitrogens with one attached hydrogen (secondary N) is 2. The minimum absolute atomic E-state index is 0.0827. The van der Waals surface area contributed by atoms with Crippen LogP contribution in [0, 0.1) is 6.92 Å². The van der Waals surface area contributed by atoms with E-state index in [1.165, 1.54) is 0 Å². The van der Waals surface area contributed by atoms with Crippen molar-refractivity contribution in [2.75, 3.05) is 18.1 Å². The SMILES string of the molecule is Cc1nc(C2(NC(=O)CC3CSCCN3)CCCC2)no1. The lowest BCUT2D eigenvalue weighted by Gasteiger charge is -2.29. The first kappa shape index (κ1) is 14.8. The molecule has 1 saturated carbocycles. The van der Waals surface area contributed by atoms with Gasteiger partial charge in [0.15, 0.2) is 5.82 Å². The number of nitrogens with zero attached hydrogens (tertiary/aromatic N) is 2. The van der Waals surface area contributed by atoms with Gasteiger partial charge in [-0.05, 0) is 12.8 Å². The Kier molecular flexibility index (Phi) is 4.49. The molecule has 6 nitrogen and oxygen atoms in total. The maximum atomic E-state index is 12.4. The van der Waals surface area contributed by atoms with E-state index in [1.807, 2.05) is 11.8 Å². The van der Waals surface area contributed by atoms with Crippen molar-refractivity contribution in [3.8, 4) is 0 Å². The predicted octanol–water partition coefficient (Wildman–Crippen LogP) is 1.36. The number of amides is 1. The summed E-state index contributed by atoms with van der Waals surface area (Å²) in [6.45, 7) is 2.77. The van der Waals surface area contributed by atoms with Crippen molar-refractivity contribution < 1.29 is 9.32 Å². The van der Waals surface area contributed by atoms with E-state index in [2.05, 4.69) is 20.8 Å². The van der Waals surface area contributed by atoms with E-state index in [0.717, 1.165) is 43.7 Å². The average molecular weight is 310 g/mol. The monoisotopic (exact) mass is 310 g/mol. The number of hydrogen-bond acceptors (Lipinski definition) is 6. The van der Waals surface area contributed by atoms with Gasteiger partial charge in [0.1, 0.15) is 5.54 Å². The van der Waals surface area contributed by atoms with Crippen LogP contribution >= 0.6 is 11.8 Å². The average Bonchev–Trinajstić information content (AvgIpc) is 3.10. The summed E-state index contributed by atoms with van der Waals surface area (Å²) in [6.07, 6.45) is 4.48. The van der Waals surface area contributed by atoms with Crippen molar-refractivity contribution in [3.05, 3.63) is 11.7 Å². The van der Waals surface area contributed by atoms with Crippen LogP contribution in [0.4, 0.5) is 0 Å². The number of aromatic nitrogens is 2. The molecule has 0 bridgehead atoms. The Morgan fingerprint density at radius 1 is 1.52 bits per heavy atom. The van der Waals surface area contributed by atoms with Gasteiger partial charge in [-0.15, -0.1) is 0 Å². The molecule has 1 saturated heterocycles. The van der Waals surface area contributed by atoms with Crippen LogP contribution < -0.4 is 10.6 Å². The molecule has 0 aromatic carbocycles. The van der Waals surface area contributed by atoms with Crippen molar-refractivity contribution >= 4 is 17.7 Å². The maximum absolute atomic E-state index is 12.4. The summed E-state index contributed by atoms with van der Waals surface area (Å²) < 4.78 is 5.11. The van der Waals surface area contributed by atoms with Crippen LogP contribution in [0.5, 0.6) is 0 Å². The summed E-state index contributed by atoms with van der Waals surface area (Å²) in [5, 5.41) is 10.6. The summed E-state index contributed by atoms with van der Waals surface area (Å²) in [4.78, 5) is 16.8. The van der Waals surface area contributed by atoms with Crippen LogP contribution in [0.25, 0.3) is 0 Å². The molecule has 1 aromatic rings. The van der Waals surface area contributed by atoms with Gasteiger partial charge in [-0.25, -0.2) is 0 Å². The molecule has 2 heterocycles.